The van der Waals surface area contributed by atoms with Gasteiger partial charge in [0.2, 0.25) is 23.6 Å². The normalized spacial score (nSPS) is 15.4. The van der Waals surface area contributed by atoms with Gasteiger partial charge in [-0.25, -0.2) is 4.79 Å². The Balaban J connectivity index is 5.41. The number of nitrogens with two attached hydrogens (primary N) is 2. The minimum absolute atomic E-state index is 0.0827. The van der Waals surface area contributed by atoms with Gasteiger partial charge < -0.3 is 42.7 Å². The third kappa shape index (κ3) is 12.1. The first-order valence-electron chi connectivity index (χ1n) is 10.7. The molecular weight excluding hydrogens is 454 g/mol. The lowest BCUT2D eigenvalue weighted by Gasteiger charge is -2.27. The first kappa shape index (κ1) is 30.7. The number of aliphatic hydroxyl groups excluding tert-OH is 1. The lowest BCUT2D eigenvalue weighted by Crippen LogP contribution is -2.60. The van der Waals surface area contributed by atoms with Crippen LogP contribution < -0.4 is 27.4 Å². The Morgan fingerprint density at radius 1 is 0.794 bits per heavy atom. The van der Waals surface area contributed by atoms with Gasteiger partial charge in [-0.15, -0.1) is 0 Å². The summed E-state index contributed by atoms with van der Waals surface area (Å²) < 4.78 is 0. The Hall–Kier alpha value is -3.26. The second-order valence-corrected chi connectivity index (χ2v) is 8.36. The highest BCUT2D eigenvalue weighted by Gasteiger charge is 2.32. The molecule has 0 saturated carbocycles. The molecular formula is C20H35N5O9. The summed E-state index contributed by atoms with van der Waals surface area (Å²) in [6, 6.07) is -5.41. The smallest absolute Gasteiger partial charge is 0.326 e. The minimum Gasteiger partial charge on any atom is -0.481 e. The number of carbonyl (C=O) groups is 6. The Morgan fingerprint density at radius 2 is 1.35 bits per heavy atom. The van der Waals surface area contributed by atoms with Crippen molar-refractivity contribution < 1.29 is 44.1 Å². The Labute approximate surface area is 196 Å². The SMILES string of the molecule is CC(C)CC(NC(=O)C(NC(=O)C(N)CCC(N)=O)C(C)O)C(=O)NC(CCC(=O)O)C(=O)O. The molecule has 5 unspecified atom stereocenters. The van der Waals surface area contributed by atoms with E-state index in [2.05, 4.69) is 16.0 Å². The summed E-state index contributed by atoms with van der Waals surface area (Å²) in [7, 11) is 0. The largest absolute Gasteiger partial charge is 0.481 e. The number of hydrogen-bond acceptors (Lipinski definition) is 8. The van der Waals surface area contributed by atoms with Gasteiger partial charge in [0.25, 0.3) is 0 Å². The zero-order chi connectivity index (χ0) is 26.6. The fraction of sp³-hybridized carbons (Fsp3) is 0.700. The van der Waals surface area contributed by atoms with Crippen LogP contribution in [-0.2, 0) is 28.8 Å². The second-order valence-electron chi connectivity index (χ2n) is 8.36. The molecule has 0 aliphatic heterocycles. The third-order valence-corrected chi connectivity index (χ3v) is 4.70. The van der Waals surface area contributed by atoms with Crippen LogP contribution in [0.4, 0.5) is 0 Å². The van der Waals surface area contributed by atoms with Gasteiger partial charge in [-0.2, -0.15) is 0 Å². The average molecular weight is 490 g/mol. The van der Waals surface area contributed by atoms with E-state index < -0.39 is 72.3 Å². The van der Waals surface area contributed by atoms with Gasteiger partial charge in [0.1, 0.15) is 18.1 Å². The molecule has 0 heterocycles. The number of primary amides is 1. The van der Waals surface area contributed by atoms with Gasteiger partial charge in [0.15, 0.2) is 0 Å². The van der Waals surface area contributed by atoms with E-state index in [1.807, 2.05) is 0 Å². The molecule has 0 saturated heterocycles. The zero-order valence-electron chi connectivity index (χ0n) is 19.4. The van der Waals surface area contributed by atoms with Crippen LogP contribution in [0.1, 0.15) is 52.9 Å². The molecule has 0 fully saturated rings. The van der Waals surface area contributed by atoms with Crippen molar-refractivity contribution in [2.45, 2.75) is 83.1 Å². The zero-order valence-corrected chi connectivity index (χ0v) is 19.4. The highest BCUT2D eigenvalue weighted by atomic mass is 16.4. The van der Waals surface area contributed by atoms with Crippen molar-refractivity contribution in [1.82, 2.24) is 16.0 Å². The van der Waals surface area contributed by atoms with Gasteiger partial charge >= 0.3 is 11.9 Å². The predicted octanol–water partition coefficient (Wildman–Crippen LogP) is -2.59. The summed E-state index contributed by atoms with van der Waals surface area (Å²) in [4.78, 5) is 70.7. The Kier molecular flexibility index (Phi) is 13.4. The molecule has 0 aliphatic rings. The number of carboxylic acid groups (broad SMARTS) is 2. The molecule has 14 heteroatoms. The summed E-state index contributed by atoms with van der Waals surface area (Å²) in [6.45, 7) is 4.72. The highest BCUT2D eigenvalue weighted by molar-refractivity contribution is 5.94. The summed E-state index contributed by atoms with van der Waals surface area (Å²) >= 11 is 0. The first-order chi connectivity index (χ1) is 15.6. The molecule has 0 aromatic carbocycles. The summed E-state index contributed by atoms with van der Waals surface area (Å²) in [5, 5.41) is 34.8. The van der Waals surface area contributed by atoms with E-state index in [1.54, 1.807) is 13.8 Å². The van der Waals surface area contributed by atoms with Crippen LogP contribution in [0.25, 0.3) is 0 Å². The quantitative estimate of drug-likeness (QED) is 0.112. The maximum atomic E-state index is 12.8. The molecule has 0 rings (SSSR count). The van der Waals surface area contributed by atoms with E-state index in [0.29, 0.717) is 0 Å². The van der Waals surface area contributed by atoms with E-state index in [1.165, 1.54) is 6.92 Å². The highest BCUT2D eigenvalue weighted by Crippen LogP contribution is 2.08. The van der Waals surface area contributed by atoms with Crippen LogP contribution in [0.2, 0.25) is 0 Å². The van der Waals surface area contributed by atoms with Gasteiger partial charge in [0.05, 0.1) is 12.1 Å². The number of nitrogens with one attached hydrogen (secondary N) is 3. The van der Waals surface area contributed by atoms with Gasteiger partial charge in [0, 0.05) is 12.8 Å². The van der Waals surface area contributed by atoms with E-state index in [9.17, 15) is 39.0 Å². The standard InChI is InChI=1S/C20H35N5O9/c1-9(2)8-13(18(31)23-12(20(33)34)5-7-15(28)29)24-19(32)16(10(3)26)25-17(30)11(21)4-6-14(22)27/h9-13,16,26H,4-8,21H2,1-3H3,(H2,22,27)(H,23,31)(H,24,32)(H,25,30)(H,28,29)(H,33,34). The molecule has 34 heavy (non-hydrogen) atoms. The molecule has 194 valence electrons. The van der Waals surface area contributed by atoms with Gasteiger partial charge in [-0.05, 0) is 32.1 Å². The Morgan fingerprint density at radius 3 is 1.79 bits per heavy atom. The van der Waals surface area contributed by atoms with Crippen LogP contribution in [0, 0.1) is 5.92 Å². The second kappa shape index (κ2) is 14.8. The van der Waals surface area contributed by atoms with Crippen molar-refractivity contribution in [3.8, 4) is 0 Å². The van der Waals surface area contributed by atoms with Gasteiger partial charge in [-0.1, -0.05) is 13.8 Å². The maximum absolute atomic E-state index is 12.8. The van der Waals surface area contributed by atoms with Crippen molar-refractivity contribution in [3.63, 3.8) is 0 Å². The molecule has 14 nitrogen and oxygen atoms in total. The van der Waals surface area contributed by atoms with E-state index >= 15 is 0 Å². The fourth-order valence-electron chi connectivity index (χ4n) is 2.86. The van der Waals surface area contributed by atoms with Crippen LogP contribution in [0.15, 0.2) is 0 Å². The predicted molar refractivity (Wildman–Crippen MR) is 118 cm³/mol. The van der Waals surface area contributed by atoms with E-state index in [-0.39, 0.29) is 31.6 Å². The molecule has 0 aromatic heterocycles. The van der Waals surface area contributed by atoms with Crippen molar-refractivity contribution in [2.24, 2.45) is 17.4 Å². The maximum Gasteiger partial charge on any atom is 0.326 e. The lowest BCUT2D eigenvalue weighted by atomic mass is 10.0. The summed E-state index contributed by atoms with van der Waals surface area (Å²) in [5.41, 5.74) is 10.7. The number of amides is 4. The molecule has 0 radical (unpaired) electrons. The number of carbonyl (C=O) groups excluding carboxylic acids is 4. The molecule has 0 spiro atoms. The van der Waals surface area contributed by atoms with Crippen LogP contribution in [-0.4, -0.2) is 81.2 Å². The molecule has 10 N–H and O–H groups in total. The number of hydrogen-bond donors (Lipinski definition) is 8. The summed E-state index contributed by atoms with van der Waals surface area (Å²) in [6.07, 6.45) is -2.41. The molecule has 0 aromatic rings. The number of carboxylic acids is 2. The van der Waals surface area contributed by atoms with E-state index in [0.717, 1.165) is 0 Å². The molecule has 4 amide bonds. The average Bonchev–Trinajstić information content (AvgIpc) is 2.70. The van der Waals surface area contributed by atoms with Crippen molar-refractivity contribution in [3.05, 3.63) is 0 Å². The topological polar surface area (TPSA) is 251 Å². The van der Waals surface area contributed by atoms with Crippen molar-refractivity contribution >= 4 is 35.6 Å². The number of rotatable bonds is 16. The number of aliphatic carboxylic acids is 2. The third-order valence-electron chi connectivity index (χ3n) is 4.70. The minimum atomic E-state index is -1.50. The molecule has 0 aliphatic carbocycles. The van der Waals surface area contributed by atoms with Crippen LogP contribution in [0.3, 0.4) is 0 Å². The Bertz CT molecular complexity index is 757. The van der Waals surface area contributed by atoms with Crippen LogP contribution in [0.5, 0.6) is 0 Å². The lowest BCUT2D eigenvalue weighted by molar-refractivity contribution is -0.143. The van der Waals surface area contributed by atoms with Crippen molar-refractivity contribution in [2.75, 3.05) is 0 Å². The van der Waals surface area contributed by atoms with Gasteiger partial charge in [-0.3, -0.25) is 24.0 Å². The van der Waals surface area contributed by atoms with E-state index in [4.69, 9.17) is 16.6 Å². The van der Waals surface area contributed by atoms with Crippen molar-refractivity contribution in [1.29, 1.82) is 0 Å². The molecule has 5 atom stereocenters. The monoisotopic (exact) mass is 489 g/mol. The van der Waals surface area contributed by atoms with Crippen LogP contribution >= 0.6 is 0 Å². The fourth-order valence-corrected chi connectivity index (χ4v) is 2.86. The first-order valence-corrected chi connectivity index (χ1v) is 10.7. The summed E-state index contributed by atoms with van der Waals surface area (Å²) in [5.74, 6) is -6.09. The molecule has 0 bridgehead atoms. The number of aliphatic hydroxyl groups is 1.